The van der Waals surface area contributed by atoms with E-state index in [0.29, 0.717) is 30.0 Å². The highest BCUT2D eigenvalue weighted by Gasteiger charge is 2.30. The van der Waals surface area contributed by atoms with Crippen molar-refractivity contribution in [2.24, 2.45) is 5.92 Å². The number of fused-ring (bicyclic) bond motifs is 2. The zero-order valence-corrected chi connectivity index (χ0v) is 22.0. The van der Waals surface area contributed by atoms with Gasteiger partial charge in [0.25, 0.3) is 17.4 Å². The largest absolute Gasteiger partial charge is 0.492 e. The van der Waals surface area contributed by atoms with Crippen LogP contribution in [0, 0.1) is 12.8 Å². The number of carbonyl (C=O) groups is 2. The molecule has 0 spiro atoms. The molecule has 0 radical (unpaired) electrons. The van der Waals surface area contributed by atoms with Gasteiger partial charge in [0.1, 0.15) is 5.65 Å². The van der Waals surface area contributed by atoms with Crippen LogP contribution < -0.4 is 15.8 Å². The summed E-state index contributed by atoms with van der Waals surface area (Å²) in [7, 11) is 0. The number of aromatic hydroxyl groups is 1. The average Bonchev–Trinajstić information content (AvgIpc) is 3.42. The molecule has 1 aliphatic carbocycles. The van der Waals surface area contributed by atoms with Crippen molar-refractivity contribution in [1.82, 2.24) is 19.5 Å². The molecule has 36 heavy (non-hydrogen) atoms. The molecule has 2 aliphatic rings. The first-order valence-corrected chi connectivity index (χ1v) is 12.9. The van der Waals surface area contributed by atoms with Gasteiger partial charge < -0.3 is 15.3 Å². The lowest BCUT2D eigenvalue weighted by Crippen LogP contribution is -2.36. The Morgan fingerprint density at radius 3 is 2.75 bits per heavy atom. The van der Waals surface area contributed by atoms with E-state index in [-0.39, 0.29) is 23.4 Å². The van der Waals surface area contributed by atoms with E-state index < -0.39 is 17.3 Å². The van der Waals surface area contributed by atoms with Crippen molar-refractivity contribution in [3.05, 3.63) is 61.5 Å². The molecule has 9 nitrogen and oxygen atoms in total. The van der Waals surface area contributed by atoms with Crippen LogP contribution in [0.5, 0.6) is 5.88 Å². The minimum Gasteiger partial charge on any atom is -0.492 e. The number of nitrogens with one attached hydrogen (secondary N) is 1. The molecule has 2 amide bonds. The first-order valence-electron chi connectivity index (χ1n) is 12.1. The molecule has 10 heteroatoms. The summed E-state index contributed by atoms with van der Waals surface area (Å²) < 4.78 is 3.67. The number of halogens is 1. The van der Waals surface area contributed by atoms with Gasteiger partial charge in [0, 0.05) is 40.9 Å². The third kappa shape index (κ3) is 4.34. The predicted molar refractivity (Wildman–Crippen MR) is 140 cm³/mol. The fourth-order valence-electron chi connectivity index (χ4n) is 4.62. The monoisotopic (exact) mass is 553 g/mol. The van der Waals surface area contributed by atoms with E-state index in [9.17, 15) is 19.5 Å². The van der Waals surface area contributed by atoms with Crippen LogP contribution in [0.25, 0.3) is 11.7 Å². The van der Waals surface area contributed by atoms with Gasteiger partial charge in [0.2, 0.25) is 5.88 Å². The van der Waals surface area contributed by atoms with Gasteiger partial charge in [-0.1, -0.05) is 29.8 Å². The summed E-state index contributed by atoms with van der Waals surface area (Å²) in [5.41, 5.74) is 2.51. The van der Waals surface area contributed by atoms with E-state index >= 15 is 0 Å². The molecule has 0 unspecified atom stereocenters. The molecule has 0 atom stereocenters. The van der Waals surface area contributed by atoms with Crippen LogP contribution in [-0.4, -0.2) is 43.7 Å². The molecule has 0 bridgehead atoms. The van der Waals surface area contributed by atoms with Crippen molar-refractivity contribution in [3.63, 3.8) is 0 Å². The SMILES string of the molecule is Cc1nn2c(O)c(C(=O)NC3CC3)c(=O)n(CC(C)C)c2c1/C=C/C(=O)N1CCc2cc(Br)ccc21. The van der Waals surface area contributed by atoms with E-state index in [1.54, 1.807) is 17.9 Å². The van der Waals surface area contributed by atoms with Crippen molar-refractivity contribution in [1.29, 1.82) is 0 Å². The summed E-state index contributed by atoms with van der Waals surface area (Å²) in [4.78, 5) is 41.1. The van der Waals surface area contributed by atoms with Gasteiger partial charge in [-0.25, -0.2) is 0 Å². The van der Waals surface area contributed by atoms with Crippen molar-refractivity contribution in [2.75, 3.05) is 11.4 Å². The fourth-order valence-corrected chi connectivity index (χ4v) is 5.03. The number of hydrogen-bond donors (Lipinski definition) is 2. The lowest BCUT2D eigenvalue weighted by Gasteiger charge is -2.16. The predicted octanol–water partition coefficient (Wildman–Crippen LogP) is 3.42. The molecule has 188 valence electrons. The minimum absolute atomic E-state index is 0.0336. The molecule has 5 rings (SSSR count). The highest BCUT2D eigenvalue weighted by molar-refractivity contribution is 9.10. The summed E-state index contributed by atoms with van der Waals surface area (Å²) in [6.07, 6.45) is 5.60. The molecule has 1 fully saturated rings. The normalized spacial score (nSPS) is 15.3. The number of aryl methyl sites for hydroxylation is 1. The molecule has 3 heterocycles. The first kappa shape index (κ1) is 24.3. The Kier molecular flexibility index (Phi) is 6.23. The van der Waals surface area contributed by atoms with Gasteiger partial charge in [0.05, 0.1) is 5.69 Å². The molecule has 1 saturated carbocycles. The van der Waals surface area contributed by atoms with E-state index in [1.807, 2.05) is 32.0 Å². The molecule has 3 aromatic rings. The quantitative estimate of drug-likeness (QED) is 0.454. The van der Waals surface area contributed by atoms with Gasteiger partial charge >= 0.3 is 0 Å². The van der Waals surface area contributed by atoms with Crippen molar-refractivity contribution >= 4 is 45.2 Å². The zero-order valence-electron chi connectivity index (χ0n) is 20.4. The fraction of sp³-hybridized carbons (Fsp3) is 0.385. The number of carbonyl (C=O) groups excluding carboxylic acids is 2. The number of amides is 2. The second kappa shape index (κ2) is 9.24. The second-order valence-corrected chi connectivity index (χ2v) is 10.8. The first-order chi connectivity index (χ1) is 17.2. The number of aromatic nitrogens is 3. The van der Waals surface area contributed by atoms with Gasteiger partial charge in [-0.2, -0.15) is 9.61 Å². The van der Waals surface area contributed by atoms with E-state index in [0.717, 1.165) is 35.0 Å². The van der Waals surface area contributed by atoms with Crippen LogP contribution >= 0.6 is 15.9 Å². The van der Waals surface area contributed by atoms with Crippen LogP contribution in [0.2, 0.25) is 0 Å². The standard InChI is InChI=1S/C26H28BrN5O4/c1-14(2)13-31-24-19(7-9-21(33)30-11-10-16-12-17(27)4-8-20(16)30)15(3)29-32(24)26(36)22(25(31)35)23(34)28-18-5-6-18/h4,7-9,12,14,18,36H,5-6,10-11,13H2,1-3H3,(H,28,34)/b9-7+. The van der Waals surface area contributed by atoms with Crippen molar-refractivity contribution < 1.29 is 14.7 Å². The Bertz CT molecular complexity index is 1480. The maximum atomic E-state index is 13.5. The number of rotatable bonds is 6. The van der Waals surface area contributed by atoms with Crippen molar-refractivity contribution in [2.45, 2.75) is 52.6 Å². The lowest BCUT2D eigenvalue weighted by atomic mass is 10.1. The second-order valence-electron chi connectivity index (χ2n) is 9.84. The summed E-state index contributed by atoms with van der Waals surface area (Å²) in [5.74, 6) is -1.19. The highest BCUT2D eigenvalue weighted by atomic mass is 79.9. The summed E-state index contributed by atoms with van der Waals surface area (Å²) in [6, 6.07) is 5.89. The van der Waals surface area contributed by atoms with Gasteiger partial charge in [-0.3, -0.25) is 19.0 Å². The van der Waals surface area contributed by atoms with Crippen LogP contribution in [0.15, 0.2) is 33.5 Å². The minimum atomic E-state index is -0.598. The van der Waals surface area contributed by atoms with E-state index in [2.05, 4.69) is 26.3 Å². The maximum Gasteiger partial charge on any atom is 0.270 e. The maximum absolute atomic E-state index is 13.5. The lowest BCUT2D eigenvalue weighted by molar-refractivity contribution is -0.114. The van der Waals surface area contributed by atoms with Crippen LogP contribution in [-0.2, 0) is 17.8 Å². The summed E-state index contributed by atoms with van der Waals surface area (Å²) in [5, 5.41) is 18.1. The third-order valence-corrected chi connectivity index (χ3v) is 7.00. The Morgan fingerprint density at radius 1 is 1.31 bits per heavy atom. The zero-order chi connectivity index (χ0) is 25.7. The van der Waals surface area contributed by atoms with Crippen molar-refractivity contribution in [3.8, 4) is 5.88 Å². The van der Waals surface area contributed by atoms with Gasteiger partial charge in [0.15, 0.2) is 5.56 Å². The number of anilines is 1. The molecule has 2 N–H and O–H groups in total. The number of nitrogens with zero attached hydrogens (tertiary/aromatic N) is 4. The molecule has 1 aliphatic heterocycles. The number of benzene rings is 1. The Morgan fingerprint density at radius 2 is 2.06 bits per heavy atom. The Hall–Kier alpha value is -3.40. The molecular weight excluding hydrogens is 526 g/mol. The topological polar surface area (TPSA) is 109 Å². The molecule has 0 saturated heterocycles. The van der Waals surface area contributed by atoms with Crippen LogP contribution in [0.1, 0.15) is 53.9 Å². The smallest absolute Gasteiger partial charge is 0.270 e. The summed E-state index contributed by atoms with van der Waals surface area (Å²) in [6.45, 7) is 6.57. The Labute approximate surface area is 216 Å². The molecule has 1 aromatic carbocycles. The number of hydrogen-bond acceptors (Lipinski definition) is 5. The van der Waals surface area contributed by atoms with E-state index in [4.69, 9.17) is 0 Å². The van der Waals surface area contributed by atoms with E-state index in [1.165, 1.54) is 15.2 Å². The van der Waals surface area contributed by atoms with Gasteiger partial charge in [-0.15, -0.1) is 0 Å². The Balaban J connectivity index is 1.57. The highest BCUT2D eigenvalue weighted by Crippen LogP contribution is 2.31. The van der Waals surface area contributed by atoms with Crippen LogP contribution in [0.4, 0.5) is 5.69 Å². The molecule has 2 aromatic heterocycles. The summed E-state index contributed by atoms with van der Waals surface area (Å²) >= 11 is 3.47. The van der Waals surface area contributed by atoms with Gasteiger partial charge in [-0.05, 0) is 61.9 Å². The molecular formula is C26H28BrN5O4. The average molecular weight is 554 g/mol. The third-order valence-electron chi connectivity index (χ3n) is 6.50. The van der Waals surface area contributed by atoms with Crippen LogP contribution in [0.3, 0.4) is 0 Å².